The Morgan fingerprint density at radius 2 is 1.83 bits per heavy atom. The molecule has 24 heavy (non-hydrogen) atoms. The van der Waals surface area contributed by atoms with Crippen LogP contribution in [0.5, 0.6) is 0 Å². The van der Waals surface area contributed by atoms with Crippen molar-refractivity contribution in [3.8, 4) is 0 Å². The van der Waals surface area contributed by atoms with Crippen LogP contribution in [0.15, 0.2) is 11.6 Å². The average Bonchev–Trinajstić information content (AvgIpc) is 2.34. The maximum atomic E-state index is 12.5. The summed E-state index contributed by atoms with van der Waals surface area (Å²) in [5.74, 6) is -1.72. The first-order valence-electron chi connectivity index (χ1n) is 6.58. The van der Waals surface area contributed by atoms with E-state index in [0.29, 0.717) is 4.90 Å². The number of hydrogen-bond acceptors (Lipinski definition) is 6. The van der Waals surface area contributed by atoms with E-state index in [1.165, 1.54) is 20.8 Å². The van der Waals surface area contributed by atoms with Gasteiger partial charge in [0.05, 0.1) is 5.57 Å². The lowest BCUT2D eigenvalue weighted by Gasteiger charge is -2.35. The second kappa shape index (κ2) is 6.59. The zero-order valence-corrected chi connectivity index (χ0v) is 13.8. The van der Waals surface area contributed by atoms with Crippen molar-refractivity contribution >= 4 is 22.2 Å². The molecule has 0 fully saturated rings. The molecule has 0 aromatic heterocycles. The summed E-state index contributed by atoms with van der Waals surface area (Å²) in [6.07, 6.45) is -2.51. The van der Waals surface area contributed by atoms with Crippen LogP contribution in [-0.2, 0) is 23.8 Å². The summed E-state index contributed by atoms with van der Waals surface area (Å²) in [5.41, 5.74) is -7.61. The van der Waals surface area contributed by atoms with Gasteiger partial charge in [-0.05, 0) is 27.2 Å². The predicted octanol–water partition coefficient (Wildman–Crippen LogP) is 1.83. The van der Waals surface area contributed by atoms with Crippen LogP contribution < -0.4 is 0 Å². The quantitative estimate of drug-likeness (QED) is 0.592. The number of carboxylic acids is 1. The van der Waals surface area contributed by atoms with Crippen molar-refractivity contribution in [3.05, 3.63) is 11.6 Å². The second-order valence-corrected chi connectivity index (χ2v) is 7.34. The number of nitrogens with zero attached hydrogens (tertiary/aromatic N) is 1. The SMILES string of the molecule is CC(C)(C)OC(=O)N1CCC=C(C(=O)O)C1OS(=O)(=O)C(F)(F)F. The minimum atomic E-state index is -6.13. The maximum absolute atomic E-state index is 12.5. The van der Waals surface area contributed by atoms with Gasteiger partial charge in [0.15, 0.2) is 6.23 Å². The highest BCUT2D eigenvalue weighted by atomic mass is 32.2. The van der Waals surface area contributed by atoms with Crippen LogP contribution in [0.1, 0.15) is 27.2 Å². The normalized spacial score (nSPS) is 19.7. The highest BCUT2D eigenvalue weighted by molar-refractivity contribution is 7.87. The van der Waals surface area contributed by atoms with Crippen molar-refractivity contribution in [3.63, 3.8) is 0 Å². The summed E-state index contributed by atoms with van der Waals surface area (Å²) in [4.78, 5) is 23.7. The molecule has 1 aliphatic rings. The number of carbonyl (C=O) groups is 2. The number of alkyl halides is 3. The van der Waals surface area contributed by atoms with Crippen LogP contribution >= 0.6 is 0 Å². The molecule has 0 saturated heterocycles. The van der Waals surface area contributed by atoms with E-state index in [4.69, 9.17) is 9.84 Å². The summed E-state index contributed by atoms with van der Waals surface area (Å²) < 4.78 is 68.8. The number of rotatable bonds is 3. The topological polar surface area (TPSA) is 110 Å². The maximum Gasteiger partial charge on any atom is 0.523 e. The smallest absolute Gasteiger partial charge is 0.478 e. The van der Waals surface area contributed by atoms with Crippen molar-refractivity contribution in [2.75, 3.05) is 6.54 Å². The first-order chi connectivity index (χ1) is 10.7. The van der Waals surface area contributed by atoms with E-state index in [-0.39, 0.29) is 13.0 Å². The molecule has 1 amide bonds. The molecule has 1 unspecified atom stereocenters. The van der Waals surface area contributed by atoms with Crippen molar-refractivity contribution in [1.82, 2.24) is 4.90 Å². The Labute approximate surface area is 135 Å². The molecule has 1 aliphatic heterocycles. The minimum Gasteiger partial charge on any atom is -0.478 e. The zero-order chi connectivity index (χ0) is 18.9. The Morgan fingerprint density at radius 1 is 1.29 bits per heavy atom. The van der Waals surface area contributed by atoms with Crippen LogP contribution in [0, 0.1) is 0 Å². The van der Waals surface area contributed by atoms with Gasteiger partial charge in [-0.2, -0.15) is 21.6 Å². The van der Waals surface area contributed by atoms with Crippen molar-refractivity contribution < 1.29 is 45.2 Å². The Kier molecular flexibility index (Phi) is 5.55. The Morgan fingerprint density at radius 3 is 2.25 bits per heavy atom. The van der Waals surface area contributed by atoms with Crippen molar-refractivity contribution in [2.45, 2.75) is 44.5 Å². The molecule has 0 spiro atoms. The fourth-order valence-corrected chi connectivity index (χ4v) is 2.28. The van der Waals surface area contributed by atoms with E-state index < -0.39 is 45.1 Å². The molecule has 0 saturated carbocycles. The molecule has 1 heterocycles. The first-order valence-corrected chi connectivity index (χ1v) is 7.99. The lowest BCUT2D eigenvalue weighted by molar-refractivity contribution is -0.135. The minimum absolute atomic E-state index is 0.0210. The Balaban J connectivity index is 3.22. The number of carboxylic acid groups (broad SMARTS) is 1. The molecule has 1 atom stereocenters. The largest absolute Gasteiger partial charge is 0.523 e. The van der Waals surface area contributed by atoms with Crippen molar-refractivity contribution in [1.29, 1.82) is 0 Å². The Hall–Kier alpha value is -1.82. The van der Waals surface area contributed by atoms with Crippen LogP contribution in [0.4, 0.5) is 18.0 Å². The zero-order valence-electron chi connectivity index (χ0n) is 13.0. The molecule has 0 aromatic rings. The lowest BCUT2D eigenvalue weighted by atomic mass is 10.1. The first kappa shape index (κ1) is 20.2. The Bertz CT molecular complexity index is 649. The fraction of sp³-hybridized carbons (Fsp3) is 0.667. The average molecular weight is 375 g/mol. The monoisotopic (exact) mass is 375 g/mol. The van der Waals surface area contributed by atoms with E-state index in [1.54, 1.807) is 0 Å². The van der Waals surface area contributed by atoms with Crippen LogP contribution in [0.3, 0.4) is 0 Å². The molecule has 1 N–H and O–H groups in total. The third kappa shape index (κ3) is 4.84. The fourth-order valence-electron chi connectivity index (χ4n) is 1.72. The molecule has 0 bridgehead atoms. The van der Waals surface area contributed by atoms with E-state index in [0.717, 1.165) is 6.08 Å². The van der Waals surface area contributed by atoms with Gasteiger partial charge in [-0.15, -0.1) is 0 Å². The molecular formula is C12H16F3NO7S. The van der Waals surface area contributed by atoms with Gasteiger partial charge in [-0.3, -0.25) is 4.90 Å². The van der Waals surface area contributed by atoms with Crippen molar-refractivity contribution in [2.24, 2.45) is 0 Å². The van der Waals surface area contributed by atoms with E-state index >= 15 is 0 Å². The highest BCUT2D eigenvalue weighted by Gasteiger charge is 2.51. The molecule has 0 aromatic carbocycles. The van der Waals surface area contributed by atoms with Gasteiger partial charge >= 0.3 is 27.7 Å². The summed E-state index contributed by atoms with van der Waals surface area (Å²) >= 11 is 0. The molecule has 0 aliphatic carbocycles. The van der Waals surface area contributed by atoms with Gasteiger partial charge in [0.2, 0.25) is 0 Å². The molecule has 0 radical (unpaired) electrons. The predicted molar refractivity (Wildman–Crippen MR) is 73.1 cm³/mol. The summed E-state index contributed by atoms with van der Waals surface area (Å²) in [6.45, 7) is 4.16. The number of aliphatic carboxylic acids is 1. The third-order valence-electron chi connectivity index (χ3n) is 2.66. The standard InChI is InChI=1S/C12H16F3NO7S/c1-11(2,3)22-10(19)16-6-4-5-7(9(17)18)8(16)23-24(20,21)12(13,14)15/h5,8H,4,6H2,1-3H3,(H,17,18). The highest BCUT2D eigenvalue weighted by Crippen LogP contribution is 2.30. The summed E-state index contributed by atoms with van der Waals surface area (Å²) in [7, 11) is -6.13. The summed E-state index contributed by atoms with van der Waals surface area (Å²) in [6, 6.07) is 0. The second-order valence-electron chi connectivity index (χ2n) is 5.78. The number of amides is 1. The number of carbonyl (C=O) groups excluding carboxylic acids is 1. The van der Waals surface area contributed by atoms with Gasteiger partial charge in [-0.1, -0.05) is 6.08 Å². The van der Waals surface area contributed by atoms with Gasteiger partial charge in [0.25, 0.3) is 0 Å². The van der Waals surface area contributed by atoms with E-state index in [1.807, 2.05) is 0 Å². The van der Waals surface area contributed by atoms with Gasteiger partial charge < -0.3 is 9.84 Å². The number of halogens is 3. The third-order valence-corrected chi connectivity index (χ3v) is 3.66. The van der Waals surface area contributed by atoms with Gasteiger partial charge in [0.1, 0.15) is 5.60 Å². The molecule has 8 nitrogen and oxygen atoms in total. The molecule has 1 rings (SSSR count). The van der Waals surface area contributed by atoms with E-state index in [2.05, 4.69) is 4.18 Å². The number of ether oxygens (including phenoxy) is 1. The molecule has 138 valence electrons. The van der Waals surface area contributed by atoms with Crippen LogP contribution in [0.25, 0.3) is 0 Å². The van der Waals surface area contributed by atoms with Gasteiger partial charge in [-0.25, -0.2) is 13.8 Å². The van der Waals surface area contributed by atoms with E-state index in [9.17, 15) is 31.2 Å². The molecular weight excluding hydrogens is 359 g/mol. The molecule has 12 heteroatoms. The lowest BCUT2D eigenvalue weighted by Crippen LogP contribution is -2.50. The summed E-state index contributed by atoms with van der Waals surface area (Å²) in [5, 5.41) is 9.04. The number of hydrogen-bond donors (Lipinski definition) is 1. The van der Waals surface area contributed by atoms with Gasteiger partial charge in [0, 0.05) is 6.54 Å². The van der Waals surface area contributed by atoms with Crippen LogP contribution in [-0.4, -0.2) is 54.4 Å². The van der Waals surface area contributed by atoms with Crippen LogP contribution in [0.2, 0.25) is 0 Å².